The van der Waals surface area contributed by atoms with Gasteiger partial charge in [-0.25, -0.2) is 0 Å². The van der Waals surface area contributed by atoms with Crippen LogP contribution in [0.3, 0.4) is 0 Å². The predicted molar refractivity (Wildman–Crippen MR) is 167 cm³/mol. The Kier molecular flexibility index (Phi) is 9.56. The number of benzene rings is 3. The Labute approximate surface area is 252 Å². The summed E-state index contributed by atoms with van der Waals surface area (Å²) < 4.78 is 4.27. The summed E-state index contributed by atoms with van der Waals surface area (Å²) in [6.07, 6.45) is 3.70. The summed E-state index contributed by atoms with van der Waals surface area (Å²) in [7, 11) is 0. The SMILES string of the molecule is CC(C)c1ccnc(-c2[c-]cc3sc4c[c]([Ge]([CH3])([CH3])[CH3])ccc4c3c2)c1.[Ir].[c-]1ccccc1-c1ccccn1. The molecule has 0 atom stereocenters. The van der Waals surface area contributed by atoms with Crippen molar-refractivity contribution < 1.29 is 20.1 Å². The summed E-state index contributed by atoms with van der Waals surface area (Å²) in [5.41, 5.74) is 5.42. The molecule has 6 aromatic rings. The van der Waals surface area contributed by atoms with Crippen molar-refractivity contribution in [2.24, 2.45) is 0 Å². The minimum Gasteiger partial charge on any atom is -0.305 e. The Morgan fingerprint density at radius 3 is 2.21 bits per heavy atom. The minimum atomic E-state index is -1.80. The molecule has 5 heteroatoms. The molecular weight excluding hydrogens is 733 g/mol. The van der Waals surface area contributed by atoms with Gasteiger partial charge in [-0.15, -0.1) is 35.9 Å². The van der Waals surface area contributed by atoms with E-state index in [9.17, 15) is 0 Å². The molecule has 39 heavy (non-hydrogen) atoms. The number of aromatic nitrogens is 2. The number of nitrogens with zero attached hydrogens (tertiary/aromatic N) is 2. The molecule has 2 nitrogen and oxygen atoms in total. The van der Waals surface area contributed by atoms with Gasteiger partial charge in [-0.3, -0.25) is 0 Å². The molecule has 0 aliphatic carbocycles. The van der Waals surface area contributed by atoms with Gasteiger partial charge in [-0.1, -0.05) is 12.1 Å². The first-order valence-corrected chi connectivity index (χ1v) is 21.2. The molecule has 0 amide bonds. The average molecular weight is 766 g/mol. The van der Waals surface area contributed by atoms with Crippen molar-refractivity contribution in [3.05, 3.63) is 115 Å². The third kappa shape index (κ3) is 6.93. The molecule has 199 valence electrons. The van der Waals surface area contributed by atoms with Crippen LogP contribution in [0.1, 0.15) is 25.3 Å². The van der Waals surface area contributed by atoms with Crippen LogP contribution in [0.25, 0.3) is 42.7 Å². The largest absolute Gasteiger partial charge is 0.305 e. The fourth-order valence-electron chi connectivity index (χ4n) is 4.36. The molecule has 1 radical (unpaired) electrons. The molecule has 3 aromatic heterocycles. The maximum absolute atomic E-state index is 4.59. The quantitative estimate of drug-likeness (QED) is 0.132. The van der Waals surface area contributed by atoms with Crippen LogP contribution in [-0.4, -0.2) is 23.2 Å². The summed E-state index contributed by atoms with van der Waals surface area (Å²) in [5.74, 6) is 7.86. The van der Waals surface area contributed by atoms with Crippen LogP contribution >= 0.6 is 11.3 Å². The number of pyridine rings is 2. The summed E-state index contributed by atoms with van der Waals surface area (Å²) in [5, 5.41) is 2.68. The second-order valence-corrected chi connectivity index (χ2v) is 22.5. The molecule has 0 aliphatic heterocycles. The first kappa shape index (κ1) is 29.4. The molecule has 0 saturated carbocycles. The number of fused-ring (bicyclic) bond motifs is 3. The van der Waals surface area contributed by atoms with Gasteiger partial charge in [-0.05, 0) is 11.8 Å². The molecular formula is C34H32GeIrN2S-2. The van der Waals surface area contributed by atoms with Crippen molar-refractivity contribution >= 4 is 49.2 Å². The average Bonchev–Trinajstić information content (AvgIpc) is 3.31. The van der Waals surface area contributed by atoms with Crippen LogP contribution in [0.2, 0.25) is 17.3 Å². The van der Waals surface area contributed by atoms with Crippen LogP contribution in [0.4, 0.5) is 0 Å². The van der Waals surface area contributed by atoms with E-state index in [0.29, 0.717) is 5.92 Å². The zero-order valence-corrected chi connectivity index (χ0v) is 28.3. The van der Waals surface area contributed by atoms with Crippen molar-refractivity contribution in [1.29, 1.82) is 0 Å². The normalized spacial score (nSPS) is 11.2. The van der Waals surface area contributed by atoms with Gasteiger partial charge in [0, 0.05) is 26.3 Å². The van der Waals surface area contributed by atoms with Crippen LogP contribution in [0, 0.1) is 12.1 Å². The van der Waals surface area contributed by atoms with Gasteiger partial charge in [0.25, 0.3) is 0 Å². The summed E-state index contributed by atoms with van der Waals surface area (Å²) in [6.45, 7) is 4.44. The molecule has 3 heterocycles. The van der Waals surface area contributed by atoms with E-state index in [-0.39, 0.29) is 20.1 Å². The second-order valence-electron chi connectivity index (χ2n) is 10.8. The van der Waals surface area contributed by atoms with Crippen molar-refractivity contribution in [2.45, 2.75) is 37.0 Å². The number of hydrogen-bond donors (Lipinski definition) is 0. The van der Waals surface area contributed by atoms with Gasteiger partial charge in [-0.2, -0.15) is 0 Å². The van der Waals surface area contributed by atoms with Gasteiger partial charge >= 0.3 is 163 Å². The van der Waals surface area contributed by atoms with E-state index in [1.54, 1.807) is 10.6 Å². The molecule has 0 N–H and O–H groups in total. The van der Waals surface area contributed by atoms with Crippen LogP contribution in [0.15, 0.2) is 97.3 Å². The topological polar surface area (TPSA) is 25.8 Å². The van der Waals surface area contributed by atoms with Gasteiger partial charge in [0.05, 0.1) is 0 Å². The smallest absolute Gasteiger partial charge is 0.0160 e. The van der Waals surface area contributed by atoms with Gasteiger partial charge in [0.15, 0.2) is 0 Å². The molecule has 3 aromatic carbocycles. The summed E-state index contributed by atoms with van der Waals surface area (Å²) >= 11 is 0.0796. The Morgan fingerprint density at radius 2 is 1.51 bits per heavy atom. The van der Waals surface area contributed by atoms with E-state index >= 15 is 0 Å². The molecule has 0 aliphatic rings. The van der Waals surface area contributed by atoms with Crippen molar-refractivity contribution in [3.8, 4) is 22.5 Å². The fraction of sp³-hybridized carbons (Fsp3) is 0.176. The first-order valence-electron chi connectivity index (χ1n) is 13.0. The predicted octanol–water partition coefficient (Wildman–Crippen LogP) is 9.13. The fourth-order valence-corrected chi connectivity index (χ4v) is 8.13. The van der Waals surface area contributed by atoms with E-state index in [0.717, 1.165) is 22.5 Å². The van der Waals surface area contributed by atoms with E-state index in [1.165, 1.54) is 25.7 Å². The molecule has 0 unspecified atom stereocenters. The van der Waals surface area contributed by atoms with Crippen molar-refractivity contribution in [3.63, 3.8) is 0 Å². The Morgan fingerprint density at radius 1 is 0.718 bits per heavy atom. The number of hydrogen-bond acceptors (Lipinski definition) is 3. The van der Waals surface area contributed by atoms with Gasteiger partial charge in [0.1, 0.15) is 0 Å². The standard InChI is InChI=1S/C23H24GeNS.C11H8N.Ir/c1-15(2)16-10-11-25-21(13-16)17-6-9-22-20(12-17)19-8-7-18(24(3,4)5)14-23(19)26-22;1-2-6-10(7-3-1)11-8-4-5-9-12-11;/h7-15H,1-5H3;1-6,8-9H;/q2*-1;. The van der Waals surface area contributed by atoms with E-state index in [2.05, 4.69) is 95.7 Å². The Bertz CT molecular complexity index is 1640. The van der Waals surface area contributed by atoms with E-state index < -0.39 is 13.3 Å². The number of thiophene rings is 1. The maximum Gasteiger partial charge on any atom is 0.0160 e. The van der Waals surface area contributed by atoms with E-state index in [4.69, 9.17) is 0 Å². The third-order valence-electron chi connectivity index (χ3n) is 6.65. The maximum atomic E-state index is 4.59. The molecule has 6 rings (SSSR count). The third-order valence-corrected chi connectivity index (χ3v) is 12.0. The first-order chi connectivity index (χ1) is 18.3. The molecule has 0 bridgehead atoms. The van der Waals surface area contributed by atoms with Crippen LogP contribution in [0.5, 0.6) is 0 Å². The molecule has 0 saturated heterocycles. The van der Waals surface area contributed by atoms with E-state index in [1.807, 2.05) is 60.0 Å². The van der Waals surface area contributed by atoms with Gasteiger partial charge in [0.2, 0.25) is 0 Å². The second kappa shape index (κ2) is 12.7. The number of rotatable bonds is 4. The summed E-state index contributed by atoms with van der Waals surface area (Å²) in [4.78, 5) is 8.81. The zero-order chi connectivity index (χ0) is 26.7. The molecule has 0 fully saturated rings. The Hall–Kier alpha value is -2.63. The van der Waals surface area contributed by atoms with Crippen molar-refractivity contribution in [2.75, 3.05) is 0 Å². The monoisotopic (exact) mass is 767 g/mol. The van der Waals surface area contributed by atoms with Crippen LogP contribution < -0.4 is 4.40 Å². The van der Waals surface area contributed by atoms with Crippen molar-refractivity contribution in [1.82, 2.24) is 9.97 Å². The Balaban J connectivity index is 0.000000228. The minimum absolute atomic E-state index is 0. The molecule has 0 spiro atoms. The summed E-state index contributed by atoms with van der Waals surface area (Å²) in [6, 6.07) is 36.1. The zero-order valence-electron chi connectivity index (χ0n) is 23.0. The van der Waals surface area contributed by atoms with Gasteiger partial charge < -0.3 is 4.98 Å². The van der Waals surface area contributed by atoms with Crippen LogP contribution in [-0.2, 0) is 20.1 Å².